The molecule has 22 heavy (non-hydrogen) atoms. The number of hydrogen-bond acceptors (Lipinski definition) is 0. The molecular formula is C20H28F2. The highest BCUT2D eigenvalue weighted by Crippen LogP contribution is 2.38. The van der Waals surface area contributed by atoms with Crippen LogP contribution in [0.3, 0.4) is 0 Å². The van der Waals surface area contributed by atoms with Gasteiger partial charge in [0.05, 0.1) is 6.33 Å². The normalized spacial score (nSPS) is 22.3. The summed E-state index contributed by atoms with van der Waals surface area (Å²) in [6, 6.07) is 5.25. The second-order valence-corrected chi connectivity index (χ2v) is 6.64. The monoisotopic (exact) mass is 306 g/mol. The minimum atomic E-state index is -0.312. The number of benzene rings is 1. The van der Waals surface area contributed by atoms with E-state index in [9.17, 15) is 8.78 Å². The third-order valence-corrected chi connectivity index (χ3v) is 5.05. The van der Waals surface area contributed by atoms with Crippen molar-refractivity contribution in [3.63, 3.8) is 0 Å². The summed E-state index contributed by atoms with van der Waals surface area (Å²) < 4.78 is 26.0. The van der Waals surface area contributed by atoms with E-state index in [4.69, 9.17) is 0 Å². The standard InChI is InChI=1S/C20H28F2/c1-2-3-4-5-6-16-7-9-17(10-8-16)19-12-11-18(13-14-21)20(22)15-19/h11-17H,2-10H2,1H3. The molecule has 122 valence electrons. The molecular weight excluding hydrogens is 278 g/mol. The minimum absolute atomic E-state index is 0.312. The molecule has 2 heteroatoms. The average Bonchev–Trinajstić information content (AvgIpc) is 2.54. The van der Waals surface area contributed by atoms with Crippen LogP contribution in [0.2, 0.25) is 0 Å². The summed E-state index contributed by atoms with van der Waals surface area (Å²) >= 11 is 0. The molecule has 1 aliphatic rings. The molecule has 1 aliphatic carbocycles. The molecule has 0 aromatic heterocycles. The third kappa shape index (κ3) is 4.93. The lowest BCUT2D eigenvalue weighted by molar-refractivity contribution is 0.302. The highest BCUT2D eigenvalue weighted by atomic mass is 19.1. The first-order valence-electron chi connectivity index (χ1n) is 8.80. The Morgan fingerprint density at radius 3 is 2.50 bits per heavy atom. The van der Waals surface area contributed by atoms with Gasteiger partial charge < -0.3 is 0 Å². The Bertz CT molecular complexity index is 471. The molecule has 0 atom stereocenters. The van der Waals surface area contributed by atoms with Gasteiger partial charge in [0.2, 0.25) is 0 Å². The fraction of sp³-hybridized carbons (Fsp3) is 0.600. The van der Waals surface area contributed by atoms with Crippen molar-refractivity contribution in [1.29, 1.82) is 0 Å². The maximum absolute atomic E-state index is 13.9. The van der Waals surface area contributed by atoms with Crippen molar-refractivity contribution in [1.82, 2.24) is 0 Å². The maximum atomic E-state index is 13.9. The highest BCUT2D eigenvalue weighted by molar-refractivity contribution is 5.49. The van der Waals surface area contributed by atoms with E-state index in [1.807, 2.05) is 6.07 Å². The second kappa shape index (κ2) is 9.07. The van der Waals surface area contributed by atoms with Gasteiger partial charge >= 0.3 is 0 Å². The van der Waals surface area contributed by atoms with Crippen molar-refractivity contribution >= 4 is 6.08 Å². The summed E-state index contributed by atoms with van der Waals surface area (Å²) in [4.78, 5) is 0. The fourth-order valence-corrected chi connectivity index (χ4v) is 3.64. The first-order chi connectivity index (χ1) is 10.7. The van der Waals surface area contributed by atoms with Gasteiger partial charge in [-0.3, -0.25) is 0 Å². The van der Waals surface area contributed by atoms with E-state index in [2.05, 4.69) is 6.92 Å². The van der Waals surface area contributed by atoms with E-state index in [1.54, 1.807) is 12.1 Å². The predicted molar refractivity (Wildman–Crippen MR) is 90.0 cm³/mol. The molecule has 0 unspecified atom stereocenters. The SMILES string of the molecule is CCCCCCC1CCC(c2ccc(C=CF)c(F)c2)CC1. The molecule has 1 fully saturated rings. The van der Waals surface area contributed by atoms with Crippen LogP contribution in [0.25, 0.3) is 6.08 Å². The first-order valence-corrected chi connectivity index (χ1v) is 8.80. The quantitative estimate of drug-likeness (QED) is 0.475. The van der Waals surface area contributed by atoms with Crippen LogP contribution < -0.4 is 0 Å². The average molecular weight is 306 g/mol. The van der Waals surface area contributed by atoms with Gasteiger partial charge in [-0.1, -0.05) is 51.2 Å². The molecule has 0 spiro atoms. The Morgan fingerprint density at radius 1 is 1.09 bits per heavy atom. The van der Waals surface area contributed by atoms with E-state index in [-0.39, 0.29) is 5.82 Å². The van der Waals surface area contributed by atoms with Crippen molar-refractivity contribution in [3.8, 4) is 0 Å². The zero-order valence-corrected chi connectivity index (χ0v) is 13.7. The largest absolute Gasteiger partial charge is 0.216 e. The van der Waals surface area contributed by atoms with Crippen molar-refractivity contribution < 1.29 is 8.78 Å². The molecule has 2 rings (SSSR count). The molecule has 0 aliphatic heterocycles. The Balaban J connectivity index is 1.82. The molecule has 1 aromatic rings. The van der Waals surface area contributed by atoms with Crippen molar-refractivity contribution in [2.75, 3.05) is 0 Å². The van der Waals surface area contributed by atoms with Crippen LogP contribution in [0.5, 0.6) is 0 Å². The second-order valence-electron chi connectivity index (χ2n) is 6.64. The van der Waals surface area contributed by atoms with Gasteiger partial charge in [-0.05, 0) is 55.2 Å². The van der Waals surface area contributed by atoms with Crippen LogP contribution in [0.15, 0.2) is 24.5 Å². The minimum Gasteiger partial charge on any atom is -0.216 e. The molecule has 0 nitrogen and oxygen atoms in total. The topological polar surface area (TPSA) is 0 Å². The lowest BCUT2D eigenvalue weighted by Gasteiger charge is -2.29. The maximum Gasteiger partial charge on any atom is 0.130 e. The van der Waals surface area contributed by atoms with Crippen LogP contribution in [-0.4, -0.2) is 0 Å². The van der Waals surface area contributed by atoms with Crippen molar-refractivity contribution in [2.45, 2.75) is 70.6 Å². The summed E-state index contributed by atoms with van der Waals surface area (Å²) in [5.74, 6) is 1.03. The Morgan fingerprint density at radius 2 is 1.86 bits per heavy atom. The highest BCUT2D eigenvalue weighted by Gasteiger charge is 2.22. The molecule has 0 saturated heterocycles. The van der Waals surface area contributed by atoms with Gasteiger partial charge in [-0.25, -0.2) is 8.78 Å². The van der Waals surface area contributed by atoms with Gasteiger partial charge in [-0.2, -0.15) is 0 Å². The summed E-state index contributed by atoms with van der Waals surface area (Å²) in [7, 11) is 0. The van der Waals surface area contributed by atoms with Crippen molar-refractivity contribution in [2.24, 2.45) is 5.92 Å². The lowest BCUT2D eigenvalue weighted by atomic mass is 9.77. The van der Waals surface area contributed by atoms with Gasteiger partial charge in [0, 0.05) is 5.56 Å². The van der Waals surface area contributed by atoms with Gasteiger partial charge in [0.15, 0.2) is 0 Å². The number of hydrogen-bond donors (Lipinski definition) is 0. The van der Waals surface area contributed by atoms with Crippen LogP contribution in [0.1, 0.15) is 81.8 Å². The Labute approximate surface area is 133 Å². The third-order valence-electron chi connectivity index (χ3n) is 5.05. The van der Waals surface area contributed by atoms with E-state index in [0.717, 1.165) is 24.3 Å². The van der Waals surface area contributed by atoms with Crippen LogP contribution in [0, 0.1) is 11.7 Å². The lowest BCUT2D eigenvalue weighted by Crippen LogP contribution is -2.13. The van der Waals surface area contributed by atoms with E-state index >= 15 is 0 Å². The van der Waals surface area contributed by atoms with Crippen LogP contribution in [0.4, 0.5) is 8.78 Å². The number of unbranched alkanes of at least 4 members (excludes halogenated alkanes) is 3. The number of halogens is 2. The molecule has 0 amide bonds. The smallest absolute Gasteiger partial charge is 0.130 e. The number of rotatable bonds is 7. The zero-order valence-electron chi connectivity index (χ0n) is 13.7. The molecule has 1 saturated carbocycles. The van der Waals surface area contributed by atoms with E-state index < -0.39 is 0 Å². The molecule has 0 N–H and O–H groups in total. The fourth-order valence-electron chi connectivity index (χ4n) is 3.64. The van der Waals surface area contributed by atoms with Gasteiger partial charge in [0.25, 0.3) is 0 Å². The van der Waals surface area contributed by atoms with Gasteiger partial charge in [-0.15, -0.1) is 0 Å². The molecule has 0 radical (unpaired) electrons. The zero-order chi connectivity index (χ0) is 15.8. The summed E-state index contributed by atoms with van der Waals surface area (Å²) in [6.07, 6.45) is 13.2. The summed E-state index contributed by atoms with van der Waals surface area (Å²) in [5.41, 5.74) is 1.41. The Hall–Kier alpha value is -1.18. The van der Waals surface area contributed by atoms with E-state index in [0.29, 0.717) is 17.8 Å². The summed E-state index contributed by atoms with van der Waals surface area (Å²) in [5, 5.41) is 0. The molecule has 0 heterocycles. The summed E-state index contributed by atoms with van der Waals surface area (Å²) in [6.45, 7) is 2.25. The van der Waals surface area contributed by atoms with E-state index in [1.165, 1.54) is 51.0 Å². The molecule has 1 aromatic carbocycles. The first kappa shape index (κ1) is 17.2. The van der Waals surface area contributed by atoms with Crippen LogP contribution >= 0.6 is 0 Å². The predicted octanol–water partition coefficient (Wildman–Crippen LogP) is 7.01. The van der Waals surface area contributed by atoms with Gasteiger partial charge in [0.1, 0.15) is 5.82 Å². The van der Waals surface area contributed by atoms with Crippen LogP contribution in [-0.2, 0) is 0 Å². The molecule has 0 bridgehead atoms. The Kier molecular flexibility index (Phi) is 7.08. The van der Waals surface area contributed by atoms with Crippen molar-refractivity contribution in [3.05, 3.63) is 41.5 Å².